The zero-order valence-electron chi connectivity index (χ0n) is 13.9. The van der Waals surface area contributed by atoms with E-state index in [4.69, 9.17) is 14.6 Å². The Labute approximate surface area is 136 Å². The van der Waals surface area contributed by atoms with E-state index in [1.54, 1.807) is 0 Å². The Morgan fingerprint density at radius 2 is 1.13 bits per heavy atom. The second-order valence-corrected chi connectivity index (χ2v) is 7.12. The number of aromatic nitrogens is 4. The lowest BCUT2D eigenvalue weighted by atomic mass is 9.98. The van der Waals surface area contributed by atoms with Crippen LogP contribution in [0.2, 0.25) is 0 Å². The Morgan fingerprint density at radius 3 is 1.52 bits per heavy atom. The van der Waals surface area contributed by atoms with Crippen LogP contribution in [-0.4, -0.2) is 46.5 Å². The Balaban J connectivity index is 1.70. The maximum Gasteiger partial charge on any atom is 0.245 e. The number of piperidine rings is 2. The van der Waals surface area contributed by atoms with Crippen LogP contribution in [-0.2, 0) is 0 Å². The fourth-order valence-corrected chi connectivity index (χ4v) is 3.49. The Bertz CT molecular complexity index is 614. The van der Waals surface area contributed by atoms with Crippen molar-refractivity contribution in [3.63, 3.8) is 0 Å². The minimum Gasteiger partial charge on any atom is -0.353 e. The van der Waals surface area contributed by atoms with E-state index in [0.717, 1.165) is 49.7 Å². The highest BCUT2D eigenvalue weighted by Gasteiger charge is 2.27. The van der Waals surface area contributed by atoms with Gasteiger partial charge in [0.25, 0.3) is 0 Å². The maximum absolute atomic E-state index is 4.82. The summed E-state index contributed by atoms with van der Waals surface area (Å²) in [6, 6.07) is 0. The lowest BCUT2D eigenvalue weighted by molar-refractivity contribution is 0.314. The molecule has 7 nitrogen and oxygen atoms in total. The third-order valence-electron chi connectivity index (χ3n) is 5.24. The monoisotopic (exact) mass is 316 g/mol. The standard InChI is InChI=1S/C16H24N6O/c1-11-3-7-21(8-4-11)15-16(22-9-5-12(2)6-10-22)18-14-13(17-15)19-23-20-14/h11-12H,3-10H2,1-2H3. The molecule has 0 unspecified atom stereocenters. The number of hydrogen-bond donors (Lipinski definition) is 0. The molecule has 0 aromatic carbocycles. The molecule has 0 N–H and O–H groups in total. The molecule has 0 aliphatic carbocycles. The zero-order chi connectivity index (χ0) is 15.8. The van der Waals surface area contributed by atoms with Crippen molar-refractivity contribution in [2.45, 2.75) is 39.5 Å². The largest absolute Gasteiger partial charge is 0.353 e. The highest BCUT2D eigenvalue weighted by molar-refractivity contribution is 5.74. The minimum absolute atomic E-state index is 0.507. The molecule has 124 valence electrons. The number of rotatable bonds is 2. The first-order valence-electron chi connectivity index (χ1n) is 8.71. The van der Waals surface area contributed by atoms with Gasteiger partial charge in [-0.3, -0.25) is 0 Å². The van der Waals surface area contributed by atoms with E-state index in [1.807, 2.05) is 0 Å². The molecule has 0 bridgehead atoms. The van der Waals surface area contributed by atoms with Crippen LogP contribution in [0, 0.1) is 11.8 Å². The minimum atomic E-state index is 0.507. The zero-order valence-corrected chi connectivity index (χ0v) is 13.9. The Hall–Kier alpha value is -1.92. The van der Waals surface area contributed by atoms with Crippen LogP contribution in [0.25, 0.3) is 11.3 Å². The Kier molecular flexibility index (Phi) is 3.79. The van der Waals surface area contributed by atoms with Gasteiger partial charge in [0.1, 0.15) is 0 Å². The van der Waals surface area contributed by atoms with Gasteiger partial charge in [-0.05, 0) is 47.8 Å². The molecule has 2 saturated heterocycles. The molecule has 2 aliphatic rings. The van der Waals surface area contributed by atoms with E-state index in [-0.39, 0.29) is 0 Å². The van der Waals surface area contributed by atoms with E-state index in [2.05, 4.69) is 34.0 Å². The van der Waals surface area contributed by atoms with Crippen molar-refractivity contribution < 1.29 is 4.63 Å². The van der Waals surface area contributed by atoms with E-state index in [0.29, 0.717) is 11.3 Å². The third-order valence-corrected chi connectivity index (χ3v) is 5.24. The summed E-state index contributed by atoms with van der Waals surface area (Å²) in [5.74, 6) is 3.48. The molecule has 2 aromatic heterocycles. The molecule has 23 heavy (non-hydrogen) atoms. The summed E-state index contributed by atoms with van der Waals surface area (Å²) in [5.41, 5.74) is 1.01. The number of fused-ring (bicyclic) bond motifs is 1. The fourth-order valence-electron chi connectivity index (χ4n) is 3.49. The summed E-state index contributed by atoms with van der Waals surface area (Å²) in [4.78, 5) is 14.2. The molecule has 0 spiro atoms. The van der Waals surface area contributed by atoms with Crippen LogP contribution in [0.15, 0.2) is 4.63 Å². The normalized spacial score (nSPS) is 21.3. The van der Waals surface area contributed by atoms with E-state index >= 15 is 0 Å². The van der Waals surface area contributed by atoms with Gasteiger partial charge in [-0.2, -0.15) is 0 Å². The molecule has 2 aromatic rings. The second-order valence-electron chi connectivity index (χ2n) is 7.12. The van der Waals surface area contributed by atoms with Crippen LogP contribution >= 0.6 is 0 Å². The fraction of sp³-hybridized carbons (Fsp3) is 0.750. The van der Waals surface area contributed by atoms with Gasteiger partial charge in [-0.25, -0.2) is 14.6 Å². The quantitative estimate of drug-likeness (QED) is 0.843. The summed E-state index contributed by atoms with van der Waals surface area (Å²) in [6.45, 7) is 8.77. The van der Waals surface area contributed by atoms with Crippen molar-refractivity contribution in [3.8, 4) is 0 Å². The first-order chi connectivity index (χ1) is 11.2. The molecule has 0 saturated carbocycles. The highest BCUT2D eigenvalue weighted by atomic mass is 16.6. The van der Waals surface area contributed by atoms with E-state index in [1.165, 1.54) is 25.7 Å². The Morgan fingerprint density at radius 1 is 0.739 bits per heavy atom. The number of hydrogen-bond acceptors (Lipinski definition) is 7. The first kappa shape index (κ1) is 14.7. The SMILES string of the molecule is CC1CCN(c2nc3nonc3nc2N2CCC(C)CC2)CC1. The predicted molar refractivity (Wildman–Crippen MR) is 88.6 cm³/mol. The van der Waals surface area contributed by atoms with Crippen LogP contribution in [0.3, 0.4) is 0 Å². The molecular weight excluding hydrogens is 292 g/mol. The molecule has 2 aliphatic heterocycles. The van der Waals surface area contributed by atoms with Gasteiger partial charge in [-0.1, -0.05) is 13.8 Å². The van der Waals surface area contributed by atoms with Crippen molar-refractivity contribution in [3.05, 3.63) is 0 Å². The van der Waals surface area contributed by atoms with Crippen molar-refractivity contribution in [1.82, 2.24) is 20.3 Å². The molecule has 0 amide bonds. The van der Waals surface area contributed by atoms with E-state index in [9.17, 15) is 0 Å². The van der Waals surface area contributed by atoms with Crippen molar-refractivity contribution >= 4 is 22.9 Å². The number of nitrogens with zero attached hydrogens (tertiary/aromatic N) is 6. The maximum atomic E-state index is 4.82. The van der Waals surface area contributed by atoms with Gasteiger partial charge in [0.05, 0.1) is 0 Å². The lowest BCUT2D eigenvalue weighted by Gasteiger charge is -2.36. The van der Waals surface area contributed by atoms with Crippen molar-refractivity contribution in [1.29, 1.82) is 0 Å². The second kappa shape index (κ2) is 5.94. The highest BCUT2D eigenvalue weighted by Crippen LogP contribution is 2.32. The molecule has 7 heteroatoms. The molecule has 4 heterocycles. The summed E-state index contributed by atoms with van der Waals surface area (Å²) < 4.78 is 4.82. The lowest BCUT2D eigenvalue weighted by Crippen LogP contribution is -2.38. The summed E-state index contributed by atoms with van der Waals surface area (Å²) in [6.07, 6.45) is 4.81. The van der Waals surface area contributed by atoms with Gasteiger partial charge in [0, 0.05) is 26.2 Å². The van der Waals surface area contributed by atoms with E-state index < -0.39 is 0 Å². The molecule has 4 rings (SSSR count). The van der Waals surface area contributed by atoms with Crippen molar-refractivity contribution in [2.75, 3.05) is 36.0 Å². The van der Waals surface area contributed by atoms with Crippen LogP contribution in [0.1, 0.15) is 39.5 Å². The van der Waals surface area contributed by atoms with Crippen LogP contribution in [0.5, 0.6) is 0 Å². The van der Waals surface area contributed by atoms with Gasteiger partial charge < -0.3 is 9.80 Å². The molecular formula is C16H24N6O. The summed E-state index contributed by atoms with van der Waals surface area (Å²) in [7, 11) is 0. The molecule has 0 radical (unpaired) electrons. The van der Waals surface area contributed by atoms with Crippen LogP contribution in [0.4, 0.5) is 11.6 Å². The summed E-state index contributed by atoms with van der Waals surface area (Å²) >= 11 is 0. The van der Waals surface area contributed by atoms with Crippen LogP contribution < -0.4 is 9.80 Å². The molecule has 2 fully saturated rings. The average molecular weight is 316 g/mol. The number of anilines is 2. The van der Waals surface area contributed by atoms with Crippen molar-refractivity contribution in [2.24, 2.45) is 11.8 Å². The van der Waals surface area contributed by atoms with Gasteiger partial charge >= 0.3 is 0 Å². The average Bonchev–Trinajstić information content (AvgIpc) is 3.03. The topological polar surface area (TPSA) is 71.2 Å². The van der Waals surface area contributed by atoms with Gasteiger partial charge in [0.2, 0.25) is 11.3 Å². The van der Waals surface area contributed by atoms with Gasteiger partial charge in [0.15, 0.2) is 11.6 Å². The van der Waals surface area contributed by atoms with Gasteiger partial charge in [-0.15, -0.1) is 0 Å². The molecule has 0 atom stereocenters. The smallest absolute Gasteiger partial charge is 0.245 e. The predicted octanol–water partition coefficient (Wildman–Crippen LogP) is 2.49. The summed E-state index contributed by atoms with van der Waals surface area (Å²) in [5, 5.41) is 7.77. The first-order valence-corrected chi connectivity index (χ1v) is 8.71. The third kappa shape index (κ3) is 2.84.